The molecule has 2 aromatic heterocycles. The van der Waals surface area contributed by atoms with E-state index in [1.807, 2.05) is 0 Å². The number of rotatable bonds is 2. The van der Waals surface area contributed by atoms with E-state index >= 15 is 0 Å². The topological polar surface area (TPSA) is 134 Å². The van der Waals surface area contributed by atoms with Crippen molar-refractivity contribution >= 4 is 55.4 Å². The van der Waals surface area contributed by atoms with Crippen LogP contribution in [0.5, 0.6) is 0 Å². The Morgan fingerprint density at radius 1 is 0.719 bits per heavy atom. The van der Waals surface area contributed by atoms with E-state index in [9.17, 15) is 0 Å². The molecule has 0 amide bonds. The molecule has 0 aliphatic carbocycles. The van der Waals surface area contributed by atoms with Crippen LogP contribution in [-0.4, -0.2) is 70.3 Å². The Hall–Kier alpha value is -1.76. The van der Waals surface area contributed by atoms with Crippen molar-refractivity contribution in [2.75, 3.05) is 47.4 Å². The van der Waals surface area contributed by atoms with Gasteiger partial charge in [-0.3, -0.25) is 0 Å². The molecule has 32 heavy (non-hydrogen) atoms. The molecule has 176 valence electrons. The second kappa shape index (κ2) is 10.9. The van der Waals surface area contributed by atoms with Crippen LogP contribution < -0.4 is 31.9 Å². The van der Waals surface area contributed by atoms with Gasteiger partial charge >= 0.3 is 0 Å². The highest BCUT2D eigenvalue weighted by Crippen LogP contribution is 2.21. The van der Waals surface area contributed by atoms with Crippen molar-refractivity contribution in [3.8, 4) is 0 Å². The summed E-state index contributed by atoms with van der Waals surface area (Å²) in [5.74, 6) is 2.40. The summed E-state index contributed by atoms with van der Waals surface area (Å²) in [6, 6.07) is 1.77. The van der Waals surface area contributed by atoms with E-state index in [0.717, 1.165) is 35.1 Å². The van der Waals surface area contributed by atoms with Gasteiger partial charge in [0.05, 0.1) is 8.95 Å². The molecule has 0 aromatic carbocycles. The first kappa shape index (κ1) is 24.9. The first-order valence-corrected chi connectivity index (χ1v) is 12.3. The third kappa shape index (κ3) is 6.63. The predicted molar refractivity (Wildman–Crippen MR) is 137 cm³/mol. The predicted octanol–water partition coefficient (Wildman–Crippen LogP) is 2.02. The Morgan fingerprint density at radius 3 is 1.31 bits per heavy atom. The molecule has 0 spiro atoms. The van der Waals surface area contributed by atoms with E-state index in [0.29, 0.717) is 47.7 Å². The Bertz CT molecular complexity index is 820. The second-order valence-corrected chi connectivity index (χ2v) is 10.3. The quantitative estimate of drug-likeness (QED) is 0.424. The molecule has 2 aliphatic heterocycles. The average Bonchev–Trinajstić information content (AvgIpc) is 2.71. The fraction of sp³-hybridized carbons (Fsp3) is 0.600. The number of hydrogen-bond donors (Lipinski definition) is 4. The minimum Gasteiger partial charge on any atom is -0.383 e. The normalized spacial score (nSPS) is 25.8. The zero-order valence-electron chi connectivity index (χ0n) is 18.9. The maximum Gasteiger partial charge on any atom is 0.227 e. The second-order valence-electron chi connectivity index (χ2n) is 8.55. The lowest BCUT2D eigenvalue weighted by Crippen LogP contribution is -2.54. The maximum absolute atomic E-state index is 5.76. The van der Waals surface area contributed by atoms with Crippen molar-refractivity contribution in [1.82, 2.24) is 30.6 Å². The van der Waals surface area contributed by atoms with E-state index in [1.54, 1.807) is 12.4 Å². The summed E-state index contributed by atoms with van der Waals surface area (Å²) in [7, 11) is 0. The lowest BCUT2D eigenvalue weighted by molar-refractivity contribution is 0.403. The molecular formula is C20H32Br2N10. The smallest absolute Gasteiger partial charge is 0.227 e. The van der Waals surface area contributed by atoms with Crippen LogP contribution in [0, 0.1) is 0 Å². The highest BCUT2D eigenvalue weighted by atomic mass is 79.9. The molecule has 6 N–H and O–H groups in total. The Morgan fingerprint density at radius 2 is 1.03 bits per heavy atom. The Labute approximate surface area is 206 Å². The molecule has 0 bridgehead atoms. The molecule has 2 aromatic rings. The number of piperazine rings is 2. The molecule has 4 rings (SSSR count). The molecule has 2 aliphatic rings. The molecular weight excluding hydrogens is 540 g/mol. The summed E-state index contributed by atoms with van der Waals surface area (Å²) in [6.07, 6.45) is 3.41. The van der Waals surface area contributed by atoms with Gasteiger partial charge in [-0.25, -0.2) is 9.97 Å². The summed E-state index contributed by atoms with van der Waals surface area (Å²) >= 11 is 6.59. The van der Waals surface area contributed by atoms with Crippen molar-refractivity contribution in [3.05, 3.63) is 21.3 Å². The van der Waals surface area contributed by atoms with Gasteiger partial charge in [0.15, 0.2) is 0 Å². The van der Waals surface area contributed by atoms with Crippen molar-refractivity contribution < 1.29 is 0 Å². The fourth-order valence-electron chi connectivity index (χ4n) is 4.03. The lowest BCUT2D eigenvalue weighted by atomic mass is 10.1. The number of nitrogens with one attached hydrogen (secondary N) is 2. The summed E-state index contributed by atoms with van der Waals surface area (Å²) in [5, 5.41) is 6.93. The number of nitrogens with zero attached hydrogens (tertiary/aromatic N) is 6. The largest absolute Gasteiger partial charge is 0.383 e. The highest BCUT2D eigenvalue weighted by Gasteiger charge is 2.24. The molecule has 2 fully saturated rings. The molecule has 4 atom stereocenters. The van der Waals surface area contributed by atoms with Gasteiger partial charge in [0.1, 0.15) is 11.6 Å². The minimum absolute atomic E-state index is 0.442. The highest BCUT2D eigenvalue weighted by molar-refractivity contribution is 9.11. The van der Waals surface area contributed by atoms with E-state index in [-0.39, 0.29) is 0 Å². The Kier molecular flexibility index (Phi) is 8.48. The van der Waals surface area contributed by atoms with Crippen molar-refractivity contribution in [2.45, 2.75) is 51.9 Å². The van der Waals surface area contributed by atoms with Gasteiger partial charge < -0.3 is 31.9 Å². The van der Waals surface area contributed by atoms with Crippen LogP contribution in [0.3, 0.4) is 0 Å². The van der Waals surface area contributed by atoms with Crippen molar-refractivity contribution in [3.63, 3.8) is 0 Å². The van der Waals surface area contributed by atoms with Crippen LogP contribution in [0.15, 0.2) is 21.3 Å². The number of anilines is 4. The van der Waals surface area contributed by atoms with E-state index < -0.39 is 0 Å². The number of hydrogen-bond acceptors (Lipinski definition) is 10. The standard InChI is InChI=1S/2C10H16BrN5/c2*1-6-4-16(5-7(2)14-6)10-13-3-8(11)9(12)15-10/h2*3,6-7,14H,4-5H2,1-2H3,(H2,12,13,15). The van der Waals surface area contributed by atoms with Gasteiger partial charge in [-0.2, -0.15) is 9.97 Å². The van der Waals surface area contributed by atoms with E-state index in [4.69, 9.17) is 11.5 Å². The fourth-order valence-corrected chi connectivity index (χ4v) is 4.41. The number of nitrogen functional groups attached to an aromatic ring is 2. The van der Waals surface area contributed by atoms with Gasteiger partial charge in [0, 0.05) is 62.7 Å². The molecule has 10 nitrogen and oxygen atoms in total. The summed E-state index contributed by atoms with van der Waals surface area (Å²) in [4.78, 5) is 21.5. The van der Waals surface area contributed by atoms with Gasteiger partial charge in [0.25, 0.3) is 0 Å². The van der Waals surface area contributed by atoms with Crippen LogP contribution in [0.2, 0.25) is 0 Å². The van der Waals surface area contributed by atoms with Gasteiger partial charge in [-0.05, 0) is 59.6 Å². The number of aromatic nitrogens is 4. The van der Waals surface area contributed by atoms with Gasteiger partial charge in [-0.15, -0.1) is 0 Å². The number of halogens is 2. The third-order valence-corrected chi connectivity index (χ3v) is 6.42. The van der Waals surface area contributed by atoms with Crippen LogP contribution in [0.4, 0.5) is 23.5 Å². The minimum atomic E-state index is 0.442. The Balaban J connectivity index is 0.000000181. The average molecular weight is 572 g/mol. The van der Waals surface area contributed by atoms with Crippen LogP contribution in [-0.2, 0) is 0 Å². The molecule has 4 heterocycles. The molecule has 2 saturated heterocycles. The molecule has 0 saturated carbocycles. The SMILES string of the molecule is CC1CN(c2ncc(Br)c(N)n2)CC(C)N1.CC1CN(c2ncc(Br)c(N)n2)CC(C)N1. The van der Waals surface area contributed by atoms with E-state index in [1.165, 1.54) is 0 Å². The molecule has 12 heteroatoms. The van der Waals surface area contributed by atoms with E-state index in [2.05, 4.69) is 99.9 Å². The van der Waals surface area contributed by atoms with Crippen LogP contribution in [0.1, 0.15) is 27.7 Å². The third-order valence-electron chi connectivity index (χ3n) is 5.20. The summed E-state index contributed by atoms with van der Waals surface area (Å²) in [5.41, 5.74) is 11.5. The van der Waals surface area contributed by atoms with Crippen molar-refractivity contribution in [2.24, 2.45) is 0 Å². The molecule has 0 radical (unpaired) electrons. The van der Waals surface area contributed by atoms with Gasteiger partial charge in [0.2, 0.25) is 11.9 Å². The maximum atomic E-state index is 5.76. The monoisotopic (exact) mass is 570 g/mol. The van der Waals surface area contributed by atoms with Crippen LogP contribution >= 0.6 is 31.9 Å². The van der Waals surface area contributed by atoms with Crippen LogP contribution in [0.25, 0.3) is 0 Å². The van der Waals surface area contributed by atoms with Crippen molar-refractivity contribution in [1.29, 1.82) is 0 Å². The zero-order valence-corrected chi connectivity index (χ0v) is 22.1. The zero-order chi connectivity index (χ0) is 23.4. The summed E-state index contributed by atoms with van der Waals surface area (Å²) < 4.78 is 1.49. The first-order valence-electron chi connectivity index (χ1n) is 10.7. The summed E-state index contributed by atoms with van der Waals surface area (Å²) in [6.45, 7) is 12.3. The van der Waals surface area contributed by atoms with Gasteiger partial charge in [-0.1, -0.05) is 0 Å². The molecule has 4 unspecified atom stereocenters. The first-order chi connectivity index (χ1) is 15.1. The lowest BCUT2D eigenvalue weighted by Gasteiger charge is -2.36. The number of nitrogens with two attached hydrogens (primary N) is 2.